The molecule has 5 heteroatoms. The van der Waals surface area contributed by atoms with E-state index in [1.165, 1.54) is 6.33 Å². The standard InChI is InChI=1S/C21H17N3O2/c1-4-11-25-13-10-16-6-2-3-7-19(16)24-21-18-14-17(26-12-5-1)8-9-20(18)22-15-23-21/h1-11,14-15H,12-13H2/b5-1-,11-4-,16-10-,24-19-. The lowest BCUT2D eigenvalue weighted by molar-refractivity contribution is 0.300. The van der Waals surface area contributed by atoms with Crippen LogP contribution in [0.4, 0.5) is 5.82 Å². The van der Waals surface area contributed by atoms with E-state index >= 15 is 0 Å². The maximum atomic E-state index is 5.77. The van der Waals surface area contributed by atoms with Gasteiger partial charge in [-0.05, 0) is 47.7 Å². The van der Waals surface area contributed by atoms with Gasteiger partial charge in [0.05, 0.1) is 17.1 Å². The van der Waals surface area contributed by atoms with Crippen LogP contribution in [0.1, 0.15) is 0 Å². The third-order valence-electron chi connectivity index (χ3n) is 3.92. The zero-order chi connectivity index (χ0) is 17.6. The van der Waals surface area contributed by atoms with Crippen LogP contribution in [-0.4, -0.2) is 23.2 Å². The van der Waals surface area contributed by atoms with Crippen molar-refractivity contribution in [2.45, 2.75) is 0 Å². The van der Waals surface area contributed by atoms with Crippen molar-refractivity contribution in [2.24, 2.45) is 4.99 Å². The van der Waals surface area contributed by atoms with Gasteiger partial charge in [0, 0.05) is 5.39 Å². The molecule has 0 amide bonds. The van der Waals surface area contributed by atoms with E-state index in [9.17, 15) is 0 Å². The molecule has 1 aromatic heterocycles. The quantitative estimate of drug-likeness (QED) is 0.630. The van der Waals surface area contributed by atoms with E-state index in [0.29, 0.717) is 19.0 Å². The molecule has 1 aliphatic heterocycles. The Morgan fingerprint density at radius 1 is 0.923 bits per heavy atom. The summed E-state index contributed by atoms with van der Waals surface area (Å²) < 4.78 is 11.3. The Morgan fingerprint density at radius 3 is 2.88 bits per heavy atom. The zero-order valence-electron chi connectivity index (χ0n) is 14.1. The highest BCUT2D eigenvalue weighted by Gasteiger charge is 2.05. The van der Waals surface area contributed by atoms with Gasteiger partial charge in [-0.3, -0.25) is 0 Å². The largest absolute Gasteiger partial charge is 0.497 e. The highest BCUT2D eigenvalue weighted by Crippen LogP contribution is 2.25. The first-order chi connectivity index (χ1) is 12.9. The molecule has 26 heavy (non-hydrogen) atoms. The fraction of sp³-hybridized carbons (Fsp3) is 0.0952. The summed E-state index contributed by atoms with van der Waals surface area (Å²) in [5.74, 6) is 1.37. The monoisotopic (exact) mass is 343 g/mol. The maximum Gasteiger partial charge on any atom is 0.163 e. The van der Waals surface area contributed by atoms with E-state index in [4.69, 9.17) is 14.5 Å². The number of benzene rings is 2. The third kappa shape index (κ3) is 3.62. The van der Waals surface area contributed by atoms with Gasteiger partial charge < -0.3 is 9.47 Å². The highest BCUT2D eigenvalue weighted by molar-refractivity contribution is 5.88. The zero-order valence-corrected chi connectivity index (χ0v) is 14.1. The molecule has 1 aliphatic rings. The summed E-state index contributed by atoms with van der Waals surface area (Å²) in [5.41, 5.74) is 0.829. The van der Waals surface area contributed by atoms with Crippen LogP contribution in [0.15, 0.2) is 78.3 Å². The van der Waals surface area contributed by atoms with Crippen LogP contribution in [-0.2, 0) is 4.74 Å². The van der Waals surface area contributed by atoms with Crippen LogP contribution < -0.4 is 15.3 Å². The molecule has 5 nitrogen and oxygen atoms in total. The van der Waals surface area contributed by atoms with E-state index in [1.807, 2.05) is 66.8 Å². The Balaban J connectivity index is 1.92. The van der Waals surface area contributed by atoms with Gasteiger partial charge in [-0.1, -0.05) is 24.3 Å². The van der Waals surface area contributed by atoms with Crippen molar-refractivity contribution in [3.63, 3.8) is 0 Å². The Labute approximate surface area is 150 Å². The molecule has 3 aromatic rings. The van der Waals surface area contributed by atoms with Gasteiger partial charge >= 0.3 is 0 Å². The number of allylic oxidation sites excluding steroid dienone is 2. The van der Waals surface area contributed by atoms with Gasteiger partial charge in [0.25, 0.3) is 0 Å². The highest BCUT2D eigenvalue weighted by atomic mass is 16.5. The van der Waals surface area contributed by atoms with Crippen LogP contribution in [0.5, 0.6) is 5.75 Å². The van der Waals surface area contributed by atoms with E-state index in [1.54, 1.807) is 6.26 Å². The first-order valence-electron chi connectivity index (χ1n) is 8.35. The van der Waals surface area contributed by atoms with Crippen molar-refractivity contribution < 1.29 is 9.47 Å². The van der Waals surface area contributed by atoms with Gasteiger partial charge in [0.2, 0.25) is 0 Å². The molecule has 0 saturated heterocycles. The molecule has 0 fully saturated rings. The van der Waals surface area contributed by atoms with Gasteiger partial charge in [-0.25, -0.2) is 15.0 Å². The lowest BCUT2D eigenvalue weighted by atomic mass is 10.2. The van der Waals surface area contributed by atoms with Crippen molar-refractivity contribution in [3.05, 3.63) is 83.9 Å². The number of fused-ring (bicyclic) bond motifs is 2. The van der Waals surface area contributed by atoms with E-state index in [-0.39, 0.29) is 0 Å². The summed E-state index contributed by atoms with van der Waals surface area (Å²) in [6.45, 7) is 0.924. The lowest BCUT2D eigenvalue weighted by Crippen LogP contribution is -2.24. The van der Waals surface area contributed by atoms with E-state index < -0.39 is 0 Å². The summed E-state index contributed by atoms with van der Waals surface area (Å²) in [7, 11) is 0. The number of aromatic nitrogens is 2. The topological polar surface area (TPSA) is 56.6 Å². The predicted molar refractivity (Wildman–Crippen MR) is 101 cm³/mol. The molecule has 0 atom stereocenters. The van der Waals surface area contributed by atoms with Crippen LogP contribution in [0, 0.1) is 0 Å². The molecule has 0 aliphatic carbocycles. The van der Waals surface area contributed by atoms with Crippen molar-refractivity contribution >= 4 is 22.8 Å². The van der Waals surface area contributed by atoms with Crippen LogP contribution >= 0.6 is 0 Å². The number of rotatable bonds is 0. The van der Waals surface area contributed by atoms with E-state index in [2.05, 4.69) is 9.97 Å². The van der Waals surface area contributed by atoms with Crippen molar-refractivity contribution in [3.8, 4) is 5.75 Å². The second-order valence-corrected chi connectivity index (χ2v) is 5.65. The number of nitrogens with zero attached hydrogens (tertiary/aromatic N) is 3. The Hall–Kier alpha value is -3.47. The van der Waals surface area contributed by atoms with Crippen LogP contribution in [0.3, 0.4) is 0 Å². The second-order valence-electron chi connectivity index (χ2n) is 5.65. The Kier molecular flexibility index (Phi) is 4.69. The number of ether oxygens (including phenoxy) is 2. The molecule has 0 unspecified atom stereocenters. The molecule has 0 saturated carbocycles. The normalized spacial score (nSPS) is 19.1. The molecule has 0 radical (unpaired) electrons. The second kappa shape index (κ2) is 7.61. The van der Waals surface area contributed by atoms with Crippen molar-refractivity contribution in [1.29, 1.82) is 0 Å². The Morgan fingerprint density at radius 2 is 1.88 bits per heavy atom. The minimum absolute atomic E-state index is 0.460. The molecule has 128 valence electrons. The fourth-order valence-corrected chi connectivity index (χ4v) is 2.65. The fourth-order valence-electron chi connectivity index (χ4n) is 2.65. The summed E-state index contributed by atoms with van der Waals surface area (Å²) in [6, 6.07) is 13.7. The van der Waals surface area contributed by atoms with E-state index in [0.717, 1.165) is 27.2 Å². The summed E-state index contributed by atoms with van der Waals surface area (Å²) >= 11 is 0. The molecule has 0 N–H and O–H groups in total. The Bertz CT molecular complexity index is 1100. The first kappa shape index (κ1) is 16.0. The number of hydrogen-bond donors (Lipinski definition) is 0. The van der Waals surface area contributed by atoms with Crippen LogP contribution in [0.2, 0.25) is 0 Å². The van der Waals surface area contributed by atoms with Gasteiger partial charge in [0.15, 0.2) is 5.82 Å². The van der Waals surface area contributed by atoms with Crippen molar-refractivity contribution in [2.75, 3.05) is 13.2 Å². The smallest absolute Gasteiger partial charge is 0.163 e. The van der Waals surface area contributed by atoms with Gasteiger partial charge in [-0.15, -0.1) is 0 Å². The average molecular weight is 343 g/mol. The molecule has 0 spiro atoms. The number of hydrogen-bond acceptors (Lipinski definition) is 5. The minimum Gasteiger partial charge on any atom is -0.497 e. The van der Waals surface area contributed by atoms with Crippen LogP contribution in [0.25, 0.3) is 17.0 Å². The molecular weight excluding hydrogens is 326 g/mol. The molecule has 4 rings (SSSR count). The first-order valence-corrected chi connectivity index (χ1v) is 8.35. The molecule has 2 bridgehead atoms. The third-order valence-corrected chi connectivity index (χ3v) is 3.92. The SMILES string of the molecule is C1=C\COc2ccc3ncnc(c3c2)/N=c2/cccc/c2=C/CO\C=C/1. The molecule has 2 heterocycles. The predicted octanol–water partition coefficient (Wildman–Crippen LogP) is 2.84. The molecule has 2 aromatic carbocycles. The summed E-state index contributed by atoms with van der Waals surface area (Å²) in [4.78, 5) is 13.5. The summed E-state index contributed by atoms with van der Waals surface area (Å²) in [5, 5.41) is 2.67. The lowest BCUT2D eigenvalue weighted by Gasteiger charge is -2.06. The molecular formula is C21H17N3O2. The van der Waals surface area contributed by atoms with Gasteiger partial charge in [-0.2, -0.15) is 0 Å². The number of para-hydroxylation sites is 1. The van der Waals surface area contributed by atoms with Gasteiger partial charge in [0.1, 0.15) is 25.3 Å². The average Bonchev–Trinajstić information content (AvgIpc) is 2.67. The van der Waals surface area contributed by atoms with Crippen molar-refractivity contribution in [1.82, 2.24) is 9.97 Å². The summed E-state index contributed by atoms with van der Waals surface area (Å²) in [6.07, 6.45) is 10.8. The minimum atomic E-state index is 0.460. The maximum absolute atomic E-state index is 5.77.